The highest BCUT2D eigenvalue weighted by Gasteiger charge is 2.12. The van der Waals surface area contributed by atoms with Crippen molar-refractivity contribution in [3.05, 3.63) is 22.6 Å². The number of carbonyl (C=O) groups excluding carboxylic acids is 2. The summed E-state index contributed by atoms with van der Waals surface area (Å²) in [4.78, 5) is 23.1. The lowest BCUT2D eigenvalue weighted by molar-refractivity contribution is -0.121. The van der Waals surface area contributed by atoms with Gasteiger partial charge in [-0.05, 0) is 35.3 Å². The number of carbonyl (C=O) groups is 2. The van der Waals surface area contributed by atoms with Crippen LogP contribution in [0.1, 0.15) is 37.0 Å². The van der Waals surface area contributed by atoms with E-state index in [1.807, 2.05) is 13.8 Å². The summed E-state index contributed by atoms with van der Waals surface area (Å²) in [6.45, 7) is 4.25. The van der Waals surface area contributed by atoms with Crippen LogP contribution in [0.15, 0.2) is 21.4 Å². The lowest BCUT2D eigenvalue weighted by Crippen LogP contribution is -2.35. The largest absolute Gasteiger partial charge is 0.457 e. The third-order valence-electron chi connectivity index (χ3n) is 2.52. The fourth-order valence-corrected chi connectivity index (χ4v) is 1.71. The first-order chi connectivity index (χ1) is 8.54. The van der Waals surface area contributed by atoms with Crippen LogP contribution in [-0.4, -0.2) is 24.4 Å². The minimum Gasteiger partial charge on any atom is -0.457 e. The van der Waals surface area contributed by atoms with Crippen molar-refractivity contribution in [3.8, 4) is 0 Å². The van der Waals surface area contributed by atoms with Crippen molar-refractivity contribution in [1.29, 1.82) is 0 Å². The maximum atomic E-state index is 11.7. The first kappa shape index (κ1) is 14.8. The summed E-state index contributed by atoms with van der Waals surface area (Å²) >= 11 is 3.12. The lowest BCUT2D eigenvalue weighted by Gasteiger charge is -2.11. The molecular weight excluding hydrogens is 300 g/mol. The molecule has 0 bridgehead atoms. The summed E-state index contributed by atoms with van der Waals surface area (Å²) in [6, 6.07) is 1.73. The van der Waals surface area contributed by atoms with Crippen molar-refractivity contribution in [2.45, 2.75) is 32.7 Å². The Bertz CT molecular complexity index is 417. The third kappa shape index (κ3) is 4.52. The van der Waals surface area contributed by atoms with Crippen molar-refractivity contribution in [1.82, 2.24) is 10.6 Å². The van der Waals surface area contributed by atoms with Crippen molar-refractivity contribution >= 4 is 27.7 Å². The van der Waals surface area contributed by atoms with Crippen molar-refractivity contribution < 1.29 is 14.0 Å². The zero-order chi connectivity index (χ0) is 13.5. The average molecular weight is 317 g/mol. The summed E-state index contributed by atoms with van der Waals surface area (Å²) in [6.07, 6.45) is 2.58. The Balaban J connectivity index is 2.28. The van der Waals surface area contributed by atoms with E-state index in [1.54, 1.807) is 6.07 Å². The third-order valence-corrected chi connectivity index (χ3v) is 3.13. The Kier molecular flexibility index (Phi) is 5.91. The Morgan fingerprint density at radius 2 is 2.22 bits per heavy atom. The molecule has 1 unspecified atom stereocenters. The first-order valence-electron chi connectivity index (χ1n) is 5.85. The number of hydrogen-bond donors (Lipinski definition) is 2. The van der Waals surface area contributed by atoms with Gasteiger partial charge in [-0.2, -0.15) is 0 Å². The highest BCUT2D eigenvalue weighted by molar-refractivity contribution is 9.10. The minimum absolute atomic E-state index is 0.0593. The van der Waals surface area contributed by atoms with Gasteiger partial charge in [0.15, 0.2) is 4.67 Å². The van der Waals surface area contributed by atoms with Gasteiger partial charge in [-0.25, -0.2) is 0 Å². The van der Waals surface area contributed by atoms with Crippen LogP contribution in [0.3, 0.4) is 0 Å². The molecule has 0 saturated heterocycles. The topological polar surface area (TPSA) is 71.3 Å². The van der Waals surface area contributed by atoms with Gasteiger partial charge in [-0.15, -0.1) is 0 Å². The van der Waals surface area contributed by atoms with Crippen LogP contribution in [-0.2, 0) is 4.79 Å². The molecule has 0 radical (unpaired) electrons. The SMILES string of the molecule is CCC(C)NC(=O)CCNC(=O)c1ccoc1Br. The molecule has 18 heavy (non-hydrogen) atoms. The van der Waals surface area contributed by atoms with Gasteiger partial charge in [0.1, 0.15) is 0 Å². The highest BCUT2D eigenvalue weighted by atomic mass is 79.9. The molecule has 0 aromatic carbocycles. The molecule has 0 aliphatic carbocycles. The van der Waals surface area contributed by atoms with Gasteiger partial charge < -0.3 is 15.1 Å². The summed E-state index contributed by atoms with van der Waals surface area (Å²) in [5.74, 6) is -0.317. The van der Waals surface area contributed by atoms with Gasteiger partial charge >= 0.3 is 0 Å². The van der Waals surface area contributed by atoms with Crippen LogP contribution in [0.25, 0.3) is 0 Å². The predicted molar refractivity (Wildman–Crippen MR) is 71.3 cm³/mol. The molecule has 2 N–H and O–H groups in total. The smallest absolute Gasteiger partial charge is 0.255 e. The molecule has 0 aliphatic heterocycles. The van der Waals surface area contributed by atoms with E-state index in [0.29, 0.717) is 16.8 Å². The number of hydrogen-bond acceptors (Lipinski definition) is 3. The summed E-state index contributed by atoms with van der Waals surface area (Å²) in [5.41, 5.74) is 0.428. The summed E-state index contributed by atoms with van der Waals surface area (Å²) in [7, 11) is 0. The van der Waals surface area contributed by atoms with E-state index in [0.717, 1.165) is 6.42 Å². The number of rotatable bonds is 6. The van der Waals surface area contributed by atoms with E-state index in [4.69, 9.17) is 4.42 Å². The van der Waals surface area contributed by atoms with E-state index in [1.165, 1.54) is 6.26 Å². The predicted octanol–water partition coefficient (Wildman–Crippen LogP) is 2.08. The zero-order valence-electron chi connectivity index (χ0n) is 10.5. The van der Waals surface area contributed by atoms with Crippen molar-refractivity contribution in [3.63, 3.8) is 0 Å². The van der Waals surface area contributed by atoms with Gasteiger partial charge in [0, 0.05) is 19.0 Å². The molecule has 1 rings (SSSR count). The normalized spacial score (nSPS) is 11.9. The molecule has 0 spiro atoms. The maximum absolute atomic E-state index is 11.7. The molecule has 6 heteroatoms. The van der Waals surface area contributed by atoms with Crippen LogP contribution in [0.2, 0.25) is 0 Å². The molecule has 1 aromatic heterocycles. The fraction of sp³-hybridized carbons (Fsp3) is 0.500. The van der Waals surface area contributed by atoms with E-state index >= 15 is 0 Å². The Morgan fingerprint density at radius 3 is 2.78 bits per heavy atom. The number of furan rings is 1. The molecule has 5 nitrogen and oxygen atoms in total. The van der Waals surface area contributed by atoms with Crippen LogP contribution in [0.4, 0.5) is 0 Å². The highest BCUT2D eigenvalue weighted by Crippen LogP contribution is 2.16. The van der Waals surface area contributed by atoms with Crippen LogP contribution < -0.4 is 10.6 Å². The summed E-state index contributed by atoms with van der Waals surface area (Å²) in [5, 5.41) is 5.49. The second-order valence-corrected chi connectivity index (χ2v) is 4.71. The number of amides is 2. The fourth-order valence-electron chi connectivity index (χ4n) is 1.29. The molecule has 1 aromatic rings. The van der Waals surface area contributed by atoms with Gasteiger partial charge in [-0.3, -0.25) is 9.59 Å². The summed E-state index contributed by atoms with van der Waals surface area (Å²) < 4.78 is 5.35. The number of nitrogens with one attached hydrogen (secondary N) is 2. The average Bonchev–Trinajstić information content (AvgIpc) is 2.75. The molecule has 0 saturated carbocycles. The molecule has 2 amide bonds. The standard InChI is InChI=1S/C12H17BrN2O3/c1-3-8(2)15-10(16)4-6-14-12(17)9-5-7-18-11(9)13/h5,7-8H,3-4,6H2,1-2H3,(H,14,17)(H,15,16). The molecule has 100 valence electrons. The minimum atomic E-state index is -0.257. The van der Waals surface area contributed by atoms with Crippen LogP contribution in [0.5, 0.6) is 0 Å². The Hall–Kier alpha value is -1.30. The van der Waals surface area contributed by atoms with E-state index in [9.17, 15) is 9.59 Å². The molecule has 1 heterocycles. The van der Waals surface area contributed by atoms with Gasteiger partial charge in [0.25, 0.3) is 5.91 Å². The second-order valence-electron chi connectivity index (χ2n) is 3.99. The first-order valence-corrected chi connectivity index (χ1v) is 6.64. The second kappa shape index (κ2) is 7.20. The molecular formula is C12H17BrN2O3. The molecule has 1 atom stereocenters. The van der Waals surface area contributed by atoms with Crippen LogP contribution in [0, 0.1) is 0 Å². The van der Waals surface area contributed by atoms with Gasteiger partial charge in [-0.1, -0.05) is 6.92 Å². The van der Waals surface area contributed by atoms with E-state index in [-0.39, 0.29) is 24.3 Å². The Morgan fingerprint density at radius 1 is 1.50 bits per heavy atom. The van der Waals surface area contributed by atoms with Crippen molar-refractivity contribution in [2.75, 3.05) is 6.54 Å². The Labute approximate surface area is 114 Å². The van der Waals surface area contributed by atoms with E-state index in [2.05, 4.69) is 26.6 Å². The monoisotopic (exact) mass is 316 g/mol. The molecule has 0 fully saturated rings. The van der Waals surface area contributed by atoms with Gasteiger partial charge in [0.2, 0.25) is 5.91 Å². The lowest BCUT2D eigenvalue weighted by atomic mass is 10.2. The van der Waals surface area contributed by atoms with Gasteiger partial charge in [0.05, 0.1) is 11.8 Å². The molecule has 0 aliphatic rings. The number of halogens is 1. The zero-order valence-corrected chi connectivity index (χ0v) is 12.0. The maximum Gasteiger partial charge on any atom is 0.255 e. The van der Waals surface area contributed by atoms with E-state index < -0.39 is 0 Å². The quantitative estimate of drug-likeness (QED) is 0.844. The van der Waals surface area contributed by atoms with Crippen LogP contribution >= 0.6 is 15.9 Å². The van der Waals surface area contributed by atoms with Crippen molar-refractivity contribution in [2.24, 2.45) is 0 Å².